The summed E-state index contributed by atoms with van der Waals surface area (Å²) < 4.78 is 5.14. The van der Waals surface area contributed by atoms with Crippen molar-refractivity contribution < 1.29 is 14.4 Å². The van der Waals surface area contributed by atoms with Crippen LogP contribution in [0.1, 0.15) is 27.4 Å². The lowest BCUT2D eigenvalue weighted by Gasteiger charge is -2.25. The van der Waals surface area contributed by atoms with Crippen LogP contribution in [0.15, 0.2) is 34.9 Å². The van der Waals surface area contributed by atoms with Gasteiger partial charge in [0.05, 0.1) is 6.54 Å². The number of hydrogen-bond acceptors (Lipinski definition) is 4. The first-order valence-electron chi connectivity index (χ1n) is 6.21. The molecule has 0 amide bonds. The van der Waals surface area contributed by atoms with Crippen molar-refractivity contribution in [1.82, 2.24) is 10.1 Å². The Kier molecular flexibility index (Phi) is 3.05. The third-order valence-corrected chi connectivity index (χ3v) is 3.37. The minimum atomic E-state index is -1.01. The molecule has 98 valence electrons. The van der Waals surface area contributed by atoms with Crippen LogP contribution in [0.3, 0.4) is 0 Å². The second-order valence-corrected chi connectivity index (χ2v) is 4.68. The molecule has 5 heteroatoms. The zero-order chi connectivity index (χ0) is 13.2. The Hall–Kier alpha value is -2.14. The molecule has 0 unspecified atom stereocenters. The standard InChI is InChI=1S/C14H14N2O3/c17-14(18)13-11-6-7-16(9-12(11)19-15-13)8-10-4-2-1-3-5-10/h1-5H,6-9H2,(H,17,18). The molecule has 19 heavy (non-hydrogen) atoms. The van der Waals surface area contributed by atoms with Crippen LogP contribution in [-0.4, -0.2) is 27.7 Å². The molecule has 3 rings (SSSR count). The van der Waals surface area contributed by atoms with Gasteiger partial charge in [-0.05, 0) is 12.0 Å². The van der Waals surface area contributed by atoms with Gasteiger partial charge >= 0.3 is 5.97 Å². The Labute approximate surface area is 110 Å². The van der Waals surface area contributed by atoms with Gasteiger partial charge in [-0.1, -0.05) is 35.5 Å². The Morgan fingerprint density at radius 3 is 2.89 bits per heavy atom. The molecule has 1 N–H and O–H groups in total. The molecule has 1 aliphatic heterocycles. The summed E-state index contributed by atoms with van der Waals surface area (Å²) in [5.41, 5.74) is 2.05. The molecule has 0 bridgehead atoms. The van der Waals surface area contributed by atoms with Crippen LogP contribution in [-0.2, 0) is 19.5 Å². The smallest absolute Gasteiger partial charge is 0.358 e. The first kappa shape index (κ1) is 11.9. The van der Waals surface area contributed by atoms with E-state index in [1.807, 2.05) is 18.2 Å². The van der Waals surface area contributed by atoms with E-state index < -0.39 is 5.97 Å². The second kappa shape index (κ2) is 4.85. The first-order valence-corrected chi connectivity index (χ1v) is 6.21. The van der Waals surface area contributed by atoms with Crippen LogP contribution in [0.4, 0.5) is 0 Å². The predicted octanol–water partition coefficient (Wildman–Crippen LogP) is 1.93. The van der Waals surface area contributed by atoms with Gasteiger partial charge in [-0.3, -0.25) is 4.90 Å². The third-order valence-electron chi connectivity index (χ3n) is 3.37. The fourth-order valence-corrected chi connectivity index (χ4v) is 2.42. The highest BCUT2D eigenvalue weighted by atomic mass is 16.5. The van der Waals surface area contributed by atoms with Crippen molar-refractivity contribution >= 4 is 5.97 Å². The van der Waals surface area contributed by atoms with E-state index in [1.54, 1.807) is 0 Å². The predicted molar refractivity (Wildman–Crippen MR) is 67.7 cm³/mol. The summed E-state index contributed by atoms with van der Waals surface area (Å²) in [6.45, 7) is 2.28. The zero-order valence-corrected chi connectivity index (χ0v) is 10.4. The highest BCUT2D eigenvalue weighted by molar-refractivity contribution is 5.87. The molecule has 2 aromatic rings. The number of benzene rings is 1. The van der Waals surface area contributed by atoms with Gasteiger partial charge in [0.2, 0.25) is 0 Å². The monoisotopic (exact) mass is 258 g/mol. The van der Waals surface area contributed by atoms with E-state index in [-0.39, 0.29) is 5.69 Å². The van der Waals surface area contributed by atoms with Gasteiger partial charge in [0.15, 0.2) is 11.5 Å². The number of rotatable bonds is 3. The van der Waals surface area contributed by atoms with Gasteiger partial charge in [0.25, 0.3) is 0 Å². The number of carboxylic acid groups (broad SMARTS) is 1. The molecule has 0 atom stereocenters. The van der Waals surface area contributed by atoms with E-state index in [0.29, 0.717) is 18.7 Å². The van der Waals surface area contributed by atoms with Gasteiger partial charge in [-0.25, -0.2) is 4.79 Å². The van der Waals surface area contributed by atoms with Gasteiger partial charge in [0, 0.05) is 18.7 Å². The summed E-state index contributed by atoms with van der Waals surface area (Å²) >= 11 is 0. The Morgan fingerprint density at radius 2 is 2.16 bits per heavy atom. The van der Waals surface area contributed by atoms with E-state index in [4.69, 9.17) is 9.63 Å². The van der Waals surface area contributed by atoms with E-state index in [0.717, 1.165) is 18.7 Å². The van der Waals surface area contributed by atoms with Crippen LogP contribution < -0.4 is 0 Å². The van der Waals surface area contributed by atoms with Crippen LogP contribution in [0.25, 0.3) is 0 Å². The summed E-state index contributed by atoms with van der Waals surface area (Å²) in [4.78, 5) is 13.2. The van der Waals surface area contributed by atoms with Crippen molar-refractivity contribution in [3.63, 3.8) is 0 Å². The summed E-state index contributed by atoms with van der Waals surface area (Å²) in [5, 5.41) is 12.6. The molecule has 0 saturated heterocycles. The molecule has 1 aromatic carbocycles. The number of aromatic nitrogens is 1. The van der Waals surface area contributed by atoms with Crippen molar-refractivity contribution in [2.45, 2.75) is 19.5 Å². The number of carboxylic acids is 1. The highest BCUT2D eigenvalue weighted by Gasteiger charge is 2.26. The van der Waals surface area contributed by atoms with Crippen molar-refractivity contribution in [2.24, 2.45) is 0 Å². The quantitative estimate of drug-likeness (QED) is 0.911. The third kappa shape index (κ3) is 2.37. The molecule has 0 aliphatic carbocycles. The summed E-state index contributed by atoms with van der Waals surface area (Å²) in [7, 11) is 0. The zero-order valence-electron chi connectivity index (χ0n) is 10.4. The maximum Gasteiger partial charge on any atom is 0.358 e. The van der Waals surface area contributed by atoms with Gasteiger partial charge < -0.3 is 9.63 Å². The van der Waals surface area contributed by atoms with E-state index >= 15 is 0 Å². The average molecular weight is 258 g/mol. The van der Waals surface area contributed by atoms with Crippen LogP contribution in [0, 0.1) is 0 Å². The molecule has 0 radical (unpaired) electrons. The van der Waals surface area contributed by atoms with Gasteiger partial charge in [0.1, 0.15) is 0 Å². The molecule has 2 heterocycles. The molecule has 5 nitrogen and oxygen atoms in total. The Balaban J connectivity index is 1.74. The SMILES string of the molecule is O=C(O)c1noc2c1CCN(Cc1ccccc1)C2. The fourth-order valence-electron chi connectivity index (χ4n) is 2.42. The number of nitrogens with zero attached hydrogens (tertiary/aromatic N) is 2. The summed E-state index contributed by atoms with van der Waals surface area (Å²) in [6, 6.07) is 10.2. The minimum absolute atomic E-state index is 0.0642. The lowest BCUT2D eigenvalue weighted by molar-refractivity contribution is 0.0684. The largest absolute Gasteiger partial charge is 0.476 e. The second-order valence-electron chi connectivity index (χ2n) is 4.68. The fraction of sp³-hybridized carbons (Fsp3) is 0.286. The maximum absolute atomic E-state index is 11.0. The van der Waals surface area contributed by atoms with E-state index in [9.17, 15) is 4.79 Å². The molecule has 0 spiro atoms. The normalized spacial score (nSPS) is 15.2. The summed E-state index contributed by atoms with van der Waals surface area (Å²) in [6.07, 6.45) is 0.674. The van der Waals surface area contributed by atoms with Crippen LogP contribution >= 0.6 is 0 Å². The number of aromatic carboxylic acids is 1. The average Bonchev–Trinajstić information content (AvgIpc) is 2.83. The van der Waals surface area contributed by atoms with Crippen LogP contribution in [0.5, 0.6) is 0 Å². The van der Waals surface area contributed by atoms with Gasteiger partial charge in [-0.2, -0.15) is 0 Å². The Morgan fingerprint density at radius 1 is 1.37 bits per heavy atom. The molecule has 0 saturated carbocycles. The lowest BCUT2D eigenvalue weighted by atomic mass is 10.0. The minimum Gasteiger partial charge on any atom is -0.476 e. The van der Waals surface area contributed by atoms with Crippen LogP contribution in [0.2, 0.25) is 0 Å². The molecule has 1 aromatic heterocycles. The van der Waals surface area contributed by atoms with Crippen molar-refractivity contribution in [3.05, 3.63) is 52.9 Å². The Bertz CT molecular complexity index is 592. The van der Waals surface area contributed by atoms with Crippen molar-refractivity contribution in [3.8, 4) is 0 Å². The molecular formula is C14H14N2O3. The topological polar surface area (TPSA) is 66.6 Å². The lowest BCUT2D eigenvalue weighted by Crippen LogP contribution is -2.30. The first-order chi connectivity index (χ1) is 9.24. The maximum atomic E-state index is 11.0. The summed E-state index contributed by atoms with van der Waals surface area (Å²) in [5.74, 6) is -0.332. The number of fused-ring (bicyclic) bond motifs is 1. The van der Waals surface area contributed by atoms with Gasteiger partial charge in [-0.15, -0.1) is 0 Å². The number of carbonyl (C=O) groups is 1. The van der Waals surface area contributed by atoms with Crippen molar-refractivity contribution in [2.75, 3.05) is 6.54 Å². The highest BCUT2D eigenvalue weighted by Crippen LogP contribution is 2.23. The van der Waals surface area contributed by atoms with Crippen molar-refractivity contribution in [1.29, 1.82) is 0 Å². The molecule has 0 fully saturated rings. The number of hydrogen-bond donors (Lipinski definition) is 1. The molecule has 1 aliphatic rings. The van der Waals surface area contributed by atoms with E-state index in [2.05, 4.69) is 22.2 Å². The van der Waals surface area contributed by atoms with E-state index in [1.165, 1.54) is 5.56 Å². The molecular weight excluding hydrogens is 244 g/mol.